The van der Waals surface area contributed by atoms with Gasteiger partial charge in [0.1, 0.15) is 5.75 Å². The zero-order chi connectivity index (χ0) is 16.7. The van der Waals surface area contributed by atoms with Gasteiger partial charge >= 0.3 is 0 Å². The third-order valence-electron chi connectivity index (χ3n) is 3.99. The average molecular weight is 320 g/mol. The fourth-order valence-corrected chi connectivity index (χ4v) is 2.71. The minimum absolute atomic E-state index is 0.0476. The highest BCUT2D eigenvalue weighted by molar-refractivity contribution is 5.97. The van der Waals surface area contributed by atoms with E-state index in [1.165, 1.54) is 0 Å². The number of hydrogen-bond acceptors (Lipinski definition) is 4. The predicted octanol–water partition coefficient (Wildman–Crippen LogP) is 1.41. The van der Waals surface area contributed by atoms with Crippen LogP contribution in [0.4, 0.5) is 0 Å². The molecule has 0 saturated carbocycles. The molecule has 1 aliphatic heterocycles. The summed E-state index contributed by atoms with van der Waals surface area (Å²) >= 11 is 0. The lowest BCUT2D eigenvalue weighted by Crippen LogP contribution is -2.37. The smallest absolute Gasteiger partial charge is 0.257 e. The maximum Gasteiger partial charge on any atom is 0.257 e. The Labute approximate surface area is 137 Å². The second kappa shape index (κ2) is 8.53. The largest absolute Gasteiger partial charge is 0.496 e. The molecule has 0 aromatic heterocycles. The summed E-state index contributed by atoms with van der Waals surface area (Å²) in [6.45, 7) is 2.85. The molecule has 2 amide bonds. The third kappa shape index (κ3) is 4.45. The van der Waals surface area contributed by atoms with E-state index in [2.05, 4.69) is 0 Å². The summed E-state index contributed by atoms with van der Waals surface area (Å²) in [5.41, 5.74) is 0.564. The van der Waals surface area contributed by atoms with Gasteiger partial charge in [0.15, 0.2) is 0 Å². The van der Waals surface area contributed by atoms with Crippen LogP contribution in [0.5, 0.6) is 5.75 Å². The summed E-state index contributed by atoms with van der Waals surface area (Å²) < 4.78 is 10.2. The molecule has 126 valence electrons. The van der Waals surface area contributed by atoms with Crippen LogP contribution in [0.25, 0.3) is 0 Å². The Balaban J connectivity index is 2.00. The van der Waals surface area contributed by atoms with Crippen molar-refractivity contribution in [2.45, 2.75) is 12.8 Å². The van der Waals surface area contributed by atoms with Crippen molar-refractivity contribution in [2.75, 3.05) is 47.0 Å². The van der Waals surface area contributed by atoms with E-state index in [0.29, 0.717) is 50.5 Å². The molecule has 1 heterocycles. The normalized spacial score (nSPS) is 15.2. The maximum absolute atomic E-state index is 12.7. The number of carbonyl (C=O) groups is 2. The van der Waals surface area contributed by atoms with Crippen LogP contribution in [-0.4, -0.2) is 68.6 Å². The third-order valence-corrected chi connectivity index (χ3v) is 3.99. The molecule has 6 nitrogen and oxygen atoms in total. The Bertz CT molecular complexity index is 547. The van der Waals surface area contributed by atoms with Crippen molar-refractivity contribution < 1.29 is 19.1 Å². The molecule has 0 spiro atoms. The first-order valence-corrected chi connectivity index (χ1v) is 7.86. The quantitative estimate of drug-likeness (QED) is 0.823. The summed E-state index contributed by atoms with van der Waals surface area (Å²) in [6, 6.07) is 7.22. The highest BCUT2D eigenvalue weighted by Crippen LogP contribution is 2.20. The molecule has 0 bridgehead atoms. The summed E-state index contributed by atoms with van der Waals surface area (Å²) in [5.74, 6) is 0.613. The van der Waals surface area contributed by atoms with Crippen molar-refractivity contribution in [3.8, 4) is 5.75 Å². The standard InChI is InChI=1S/C17H24N2O4/c1-22-13-8-16(20)18-9-5-10-19(12-11-18)17(21)14-6-3-4-7-15(14)23-2/h3-4,6-7H,5,8-13H2,1-2H3. The van der Waals surface area contributed by atoms with E-state index in [4.69, 9.17) is 9.47 Å². The second-order valence-electron chi connectivity index (χ2n) is 5.47. The minimum Gasteiger partial charge on any atom is -0.496 e. The number of hydrogen-bond donors (Lipinski definition) is 0. The number of ether oxygens (including phenoxy) is 2. The molecular formula is C17H24N2O4. The molecule has 6 heteroatoms. The number of benzene rings is 1. The van der Waals surface area contributed by atoms with E-state index in [9.17, 15) is 9.59 Å². The molecule has 0 radical (unpaired) electrons. The van der Waals surface area contributed by atoms with Gasteiger partial charge in [0.25, 0.3) is 5.91 Å². The Kier molecular flexibility index (Phi) is 6.40. The Morgan fingerprint density at radius 1 is 1.04 bits per heavy atom. The number of amides is 2. The summed E-state index contributed by atoms with van der Waals surface area (Å²) in [4.78, 5) is 28.4. The lowest BCUT2D eigenvalue weighted by molar-refractivity contribution is -0.132. The van der Waals surface area contributed by atoms with E-state index in [-0.39, 0.29) is 11.8 Å². The number of nitrogens with zero attached hydrogens (tertiary/aromatic N) is 2. The van der Waals surface area contributed by atoms with Crippen molar-refractivity contribution in [1.29, 1.82) is 0 Å². The van der Waals surface area contributed by atoms with Crippen LogP contribution in [0.15, 0.2) is 24.3 Å². The van der Waals surface area contributed by atoms with Crippen molar-refractivity contribution in [2.24, 2.45) is 0 Å². The number of methoxy groups -OCH3 is 2. The van der Waals surface area contributed by atoms with Crippen LogP contribution in [0.3, 0.4) is 0 Å². The van der Waals surface area contributed by atoms with Gasteiger partial charge in [0.05, 0.1) is 25.7 Å². The molecule has 1 fully saturated rings. The number of carbonyl (C=O) groups excluding carboxylic acids is 2. The molecule has 23 heavy (non-hydrogen) atoms. The van der Waals surface area contributed by atoms with Gasteiger partial charge < -0.3 is 19.3 Å². The fraction of sp³-hybridized carbons (Fsp3) is 0.529. The van der Waals surface area contributed by atoms with Gasteiger partial charge in [-0.3, -0.25) is 9.59 Å². The van der Waals surface area contributed by atoms with Gasteiger partial charge in [-0.25, -0.2) is 0 Å². The van der Waals surface area contributed by atoms with E-state index >= 15 is 0 Å². The summed E-state index contributed by atoms with van der Waals surface area (Å²) in [7, 11) is 3.15. The lowest BCUT2D eigenvalue weighted by Gasteiger charge is -2.23. The van der Waals surface area contributed by atoms with Crippen molar-refractivity contribution in [3.63, 3.8) is 0 Å². The zero-order valence-corrected chi connectivity index (χ0v) is 13.8. The van der Waals surface area contributed by atoms with E-state index in [1.807, 2.05) is 17.0 Å². The summed E-state index contributed by atoms with van der Waals surface area (Å²) in [5, 5.41) is 0. The molecule has 1 aliphatic rings. The van der Waals surface area contributed by atoms with E-state index < -0.39 is 0 Å². The molecule has 1 saturated heterocycles. The Morgan fingerprint density at radius 2 is 1.74 bits per heavy atom. The Morgan fingerprint density at radius 3 is 2.48 bits per heavy atom. The van der Waals surface area contributed by atoms with E-state index in [1.54, 1.807) is 31.3 Å². The molecule has 0 N–H and O–H groups in total. The Hall–Kier alpha value is -2.08. The molecule has 0 aliphatic carbocycles. The average Bonchev–Trinajstić information content (AvgIpc) is 2.85. The summed E-state index contributed by atoms with van der Waals surface area (Å²) in [6.07, 6.45) is 1.16. The van der Waals surface area contributed by atoms with Gasteiger partial charge in [-0.05, 0) is 18.6 Å². The van der Waals surface area contributed by atoms with Crippen molar-refractivity contribution >= 4 is 11.8 Å². The zero-order valence-electron chi connectivity index (χ0n) is 13.8. The molecule has 1 aromatic carbocycles. The SMILES string of the molecule is COCCC(=O)N1CCCN(C(=O)c2ccccc2OC)CC1. The highest BCUT2D eigenvalue weighted by atomic mass is 16.5. The molecule has 0 unspecified atom stereocenters. The van der Waals surface area contributed by atoms with Gasteiger partial charge in [-0.2, -0.15) is 0 Å². The number of para-hydroxylation sites is 1. The molecule has 2 rings (SSSR count). The molecule has 0 atom stereocenters. The van der Waals surface area contributed by atoms with E-state index in [0.717, 1.165) is 6.42 Å². The maximum atomic E-state index is 12.7. The van der Waals surface area contributed by atoms with Crippen LogP contribution < -0.4 is 4.74 Å². The molecular weight excluding hydrogens is 296 g/mol. The number of rotatable bonds is 5. The highest BCUT2D eigenvalue weighted by Gasteiger charge is 2.24. The molecule has 1 aromatic rings. The van der Waals surface area contributed by atoms with Gasteiger partial charge in [-0.15, -0.1) is 0 Å². The fourth-order valence-electron chi connectivity index (χ4n) is 2.71. The monoisotopic (exact) mass is 320 g/mol. The van der Waals surface area contributed by atoms with Gasteiger partial charge in [0.2, 0.25) is 5.91 Å². The van der Waals surface area contributed by atoms with Crippen molar-refractivity contribution in [3.05, 3.63) is 29.8 Å². The first-order chi connectivity index (χ1) is 11.2. The first-order valence-electron chi connectivity index (χ1n) is 7.86. The van der Waals surface area contributed by atoms with Gasteiger partial charge in [-0.1, -0.05) is 12.1 Å². The topological polar surface area (TPSA) is 59.1 Å². The van der Waals surface area contributed by atoms with Gasteiger partial charge in [0, 0.05) is 33.3 Å². The van der Waals surface area contributed by atoms with Crippen LogP contribution >= 0.6 is 0 Å². The lowest BCUT2D eigenvalue weighted by atomic mass is 10.1. The predicted molar refractivity (Wildman–Crippen MR) is 86.6 cm³/mol. The van der Waals surface area contributed by atoms with Crippen LogP contribution in [0.1, 0.15) is 23.2 Å². The van der Waals surface area contributed by atoms with Crippen molar-refractivity contribution in [1.82, 2.24) is 9.80 Å². The van der Waals surface area contributed by atoms with Crippen LogP contribution in [0.2, 0.25) is 0 Å². The van der Waals surface area contributed by atoms with Crippen LogP contribution in [0, 0.1) is 0 Å². The van der Waals surface area contributed by atoms with Crippen LogP contribution in [-0.2, 0) is 9.53 Å². The second-order valence-corrected chi connectivity index (χ2v) is 5.47. The first kappa shape index (κ1) is 17.3. The minimum atomic E-state index is -0.0476.